The molecule has 2 aromatic heterocycles. The van der Waals surface area contributed by atoms with Gasteiger partial charge in [-0.05, 0) is 17.7 Å². The summed E-state index contributed by atoms with van der Waals surface area (Å²) in [7, 11) is 1.63. The molecule has 7 heteroatoms. The molecule has 7 nitrogen and oxygen atoms in total. The van der Waals surface area contributed by atoms with E-state index in [0.717, 1.165) is 11.3 Å². The average Bonchev–Trinajstić information content (AvgIpc) is 3.04. The van der Waals surface area contributed by atoms with Crippen LogP contribution in [0.2, 0.25) is 0 Å². The summed E-state index contributed by atoms with van der Waals surface area (Å²) in [6, 6.07) is 7.71. The van der Waals surface area contributed by atoms with Crippen LogP contribution < -0.4 is 4.74 Å². The van der Waals surface area contributed by atoms with Crippen LogP contribution in [0.4, 0.5) is 0 Å². The number of nitrogens with zero attached hydrogens (tertiary/aromatic N) is 4. The van der Waals surface area contributed by atoms with Crippen LogP contribution in [-0.4, -0.2) is 37.9 Å². The summed E-state index contributed by atoms with van der Waals surface area (Å²) in [6.45, 7) is 0.593. The Hall–Kier alpha value is -3.22. The Balaban J connectivity index is 1.79. The quantitative estimate of drug-likeness (QED) is 0.776. The van der Waals surface area contributed by atoms with Gasteiger partial charge in [0.15, 0.2) is 5.69 Å². The molecule has 0 bridgehead atoms. The van der Waals surface area contributed by atoms with E-state index in [0.29, 0.717) is 17.8 Å². The number of hydrogen-bond acceptors (Lipinski definition) is 5. The lowest BCUT2D eigenvalue weighted by atomic mass is 10.2. The van der Waals surface area contributed by atoms with Crippen molar-refractivity contribution in [2.24, 2.45) is 0 Å². The molecule has 0 aliphatic rings. The van der Waals surface area contributed by atoms with Gasteiger partial charge in [0.05, 0.1) is 37.9 Å². The number of benzene rings is 1. The first-order valence-electron chi connectivity index (χ1n) is 6.87. The van der Waals surface area contributed by atoms with Gasteiger partial charge in [0.1, 0.15) is 5.75 Å². The number of carbonyl (C=O) groups is 1. The van der Waals surface area contributed by atoms with Crippen molar-refractivity contribution in [1.82, 2.24) is 19.7 Å². The monoisotopic (exact) mass is 310 g/mol. The number of carboxylic acid groups (broad SMARTS) is 1. The first kappa shape index (κ1) is 14.7. The van der Waals surface area contributed by atoms with Gasteiger partial charge in [0.2, 0.25) is 0 Å². The molecule has 0 atom stereocenters. The Morgan fingerprint density at radius 3 is 2.70 bits per heavy atom. The normalized spacial score (nSPS) is 10.5. The summed E-state index contributed by atoms with van der Waals surface area (Å²) in [5.41, 5.74) is 2.18. The fourth-order valence-electron chi connectivity index (χ4n) is 2.11. The second kappa shape index (κ2) is 6.27. The van der Waals surface area contributed by atoms with E-state index in [1.165, 1.54) is 12.4 Å². The van der Waals surface area contributed by atoms with Gasteiger partial charge in [0, 0.05) is 11.8 Å². The summed E-state index contributed by atoms with van der Waals surface area (Å²) in [5, 5.41) is 13.2. The number of hydrogen-bond donors (Lipinski definition) is 1. The topological polar surface area (TPSA) is 90.1 Å². The van der Waals surface area contributed by atoms with Crippen molar-refractivity contribution in [3.05, 3.63) is 60.3 Å². The highest BCUT2D eigenvalue weighted by molar-refractivity contribution is 5.85. The molecule has 0 saturated heterocycles. The number of aromatic carboxylic acids is 1. The molecule has 0 fully saturated rings. The highest BCUT2D eigenvalue weighted by Gasteiger charge is 2.09. The largest absolute Gasteiger partial charge is 0.497 e. The molecule has 0 aliphatic heterocycles. The number of methoxy groups -OCH3 is 1. The molecule has 0 radical (unpaired) electrons. The van der Waals surface area contributed by atoms with Gasteiger partial charge in [-0.1, -0.05) is 12.1 Å². The molecule has 3 aromatic rings. The number of rotatable bonds is 5. The molecule has 23 heavy (non-hydrogen) atoms. The second-order valence-electron chi connectivity index (χ2n) is 4.87. The molecule has 1 aromatic carbocycles. The Kier molecular flexibility index (Phi) is 4.01. The maximum absolute atomic E-state index is 10.9. The molecule has 116 valence electrons. The number of aromatic nitrogens is 4. The second-order valence-corrected chi connectivity index (χ2v) is 4.87. The van der Waals surface area contributed by atoms with Crippen LogP contribution >= 0.6 is 0 Å². The lowest BCUT2D eigenvalue weighted by molar-refractivity contribution is 0.0690. The van der Waals surface area contributed by atoms with Crippen molar-refractivity contribution in [1.29, 1.82) is 0 Å². The Bertz CT molecular complexity index is 827. The van der Waals surface area contributed by atoms with Gasteiger partial charge < -0.3 is 9.84 Å². The van der Waals surface area contributed by atoms with Crippen molar-refractivity contribution >= 4 is 5.97 Å². The SMILES string of the molecule is COc1ccc(Cn2cc(-c3cncc(C(=O)O)n3)cn2)cc1. The molecule has 0 saturated carbocycles. The maximum atomic E-state index is 10.9. The van der Waals surface area contributed by atoms with E-state index in [4.69, 9.17) is 9.84 Å². The fourth-order valence-corrected chi connectivity index (χ4v) is 2.11. The van der Waals surface area contributed by atoms with Crippen molar-refractivity contribution in [3.63, 3.8) is 0 Å². The molecule has 1 N–H and O–H groups in total. The van der Waals surface area contributed by atoms with Gasteiger partial charge in [-0.15, -0.1) is 0 Å². The Morgan fingerprint density at radius 2 is 2.00 bits per heavy atom. The van der Waals surface area contributed by atoms with E-state index in [1.807, 2.05) is 24.3 Å². The van der Waals surface area contributed by atoms with Gasteiger partial charge in [-0.3, -0.25) is 9.67 Å². The molecular weight excluding hydrogens is 296 g/mol. The summed E-state index contributed by atoms with van der Waals surface area (Å²) in [6.07, 6.45) is 6.17. The van der Waals surface area contributed by atoms with Crippen molar-refractivity contribution in [2.75, 3.05) is 7.11 Å². The number of ether oxygens (including phenoxy) is 1. The predicted octanol–water partition coefficient (Wildman–Crippen LogP) is 2.10. The third kappa shape index (κ3) is 3.34. The fraction of sp³-hybridized carbons (Fsp3) is 0.125. The van der Waals surface area contributed by atoms with Crippen molar-refractivity contribution < 1.29 is 14.6 Å². The summed E-state index contributed by atoms with van der Waals surface area (Å²) >= 11 is 0. The lowest BCUT2D eigenvalue weighted by Crippen LogP contribution is -2.02. The zero-order valence-corrected chi connectivity index (χ0v) is 12.4. The van der Waals surface area contributed by atoms with E-state index < -0.39 is 5.97 Å². The van der Waals surface area contributed by atoms with Gasteiger partial charge in [0.25, 0.3) is 0 Å². The minimum Gasteiger partial charge on any atom is -0.497 e. The first-order chi connectivity index (χ1) is 11.2. The van der Waals surface area contributed by atoms with E-state index >= 15 is 0 Å². The van der Waals surface area contributed by atoms with Crippen LogP contribution in [0.5, 0.6) is 5.75 Å². The molecule has 0 aliphatic carbocycles. The van der Waals surface area contributed by atoms with E-state index in [1.54, 1.807) is 24.2 Å². The summed E-state index contributed by atoms with van der Waals surface area (Å²) < 4.78 is 6.88. The number of carboxylic acids is 1. The zero-order valence-electron chi connectivity index (χ0n) is 12.4. The first-order valence-corrected chi connectivity index (χ1v) is 6.87. The van der Waals surface area contributed by atoms with Gasteiger partial charge >= 0.3 is 5.97 Å². The van der Waals surface area contributed by atoms with Gasteiger partial charge in [-0.2, -0.15) is 5.10 Å². The van der Waals surface area contributed by atoms with E-state index in [2.05, 4.69) is 15.1 Å². The highest BCUT2D eigenvalue weighted by Crippen LogP contribution is 2.17. The molecular formula is C16H14N4O3. The molecule has 0 unspecified atom stereocenters. The minimum atomic E-state index is -1.11. The third-order valence-corrected chi connectivity index (χ3v) is 3.29. The van der Waals surface area contributed by atoms with Gasteiger partial charge in [-0.25, -0.2) is 9.78 Å². The van der Waals surface area contributed by atoms with Crippen LogP contribution in [0.1, 0.15) is 16.1 Å². The minimum absolute atomic E-state index is 0.0922. The van der Waals surface area contributed by atoms with Crippen LogP contribution in [0.25, 0.3) is 11.3 Å². The van der Waals surface area contributed by atoms with Crippen LogP contribution in [-0.2, 0) is 6.54 Å². The predicted molar refractivity (Wildman–Crippen MR) is 82.3 cm³/mol. The molecule has 0 amide bonds. The summed E-state index contributed by atoms with van der Waals surface area (Å²) in [5.74, 6) is -0.305. The Morgan fingerprint density at radius 1 is 1.22 bits per heavy atom. The average molecular weight is 310 g/mol. The molecule has 0 spiro atoms. The zero-order chi connectivity index (χ0) is 16.2. The maximum Gasteiger partial charge on any atom is 0.356 e. The van der Waals surface area contributed by atoms with Crippen LogP contribution in [0, 0.1) is 0 Å². The Labute approximate surface area is 132 Å². The van der Waals surface area contributed by atoms with Crippen molar-refractivity contribution in [2.45, 2.75) is 6.54 Å². The smallest absolute Gasteiger partial charge is 0.356 e. The summed E-state index contributed by atoms with van der Waals surface area (Å²) in [4.78, 5) is 18.9. The van der Waals surface area contributed by atoms with Crippen LogP contribution in [0.15, 0.2) is 49.1 Å². The third-order valence-electron chi connectivity index (χ3n) is 3.29. The van der Waals surface area contributed by atoms with Crippen LogP contribution in [0.3, 0.4) is 0 Å². The van der Waals surface area contributed by atoms with E-state index in [-0.39, 0.29) is 5.69 Å². The lowest BCUT2D eigenvalue weighted by Gasteiger charge is -2.03. The molecule has 2 heterocycles. The standard InChI is InChI=1S/C16H14N4O3/c1-23-13-4-2-11(3-5-13)9-20-10-12(6-18-20)14-7-17-8-15(19-14)16(21)22/h2-8,10H,9H2,1H3,(H,21,22). The van der Waals surface area contributed by atoms with E-state index in [9.17, 15) is 4.79 Å². The highest BCUT2D eigenvalue weighted by atomic mass is 16.5. The van der Waals surface area contributed by atoms with Crippen molar-refractivity contribution in [3.8, 4) is 17.0 Å². The molecule has 3 rings (SSSR count).